The van der Waals surface area contributed by atoms with Gasteiger partial charge < -0.3 is 14.5 Å². The van der Waals surface area contributed by atoms with Gasteiger partial charge in [0.15, 0.2) is 0 Å². The third-order valence-corrected chi connectivity index (χ3v) is 5.73. The summed E-state index contributed by atoms with van der Waals surface area (Å²) in [6.45, 7) is 3.49. The number of hydrogen-bond acceptors (Lipinski definition) is 4. The first-order valence-corrected chi connectivity index (χ1v) is 9.01. The smallest absolute Gasteiger partial charge is 0.284 e. The molecule has 2 saturated carbocycles. The van der Waals surface area contributed by atoms with Crippen molar-refractivity contribution in [3.8, 4) is 0 Å². The number of halogens is 2. The lowest BCUT2D eigenvalue weighted by Gasteiger charge is -2.61. The summed E-state index contributed by atoms with van der Waals surface area (Å²) in [7, 11) is 0. The Morgan fingerprint density at radius 3 is 2.82 bits per heavy atom. The summed E-state index contributed by atoms with van der Waals surface area (Å²) < 4.78 is 35.8. The maximum Gasteiger partial charge on any atom is 0.284 e. The van der Waals surface area contributed by atoms with Gasteiger partial charge in [0, 0.05) is 18.1 Å². The van der Waals surface area contributed by atoms with Crippen LogP contribution in [0.1, 0.15) is 44.1 Å². The van der Waals surface area contributed by atoms with E-state index < -0.39 is 5.76 Å². The topological polar surface area (TPSA) is 34.4 Å². The van der Waals surface area contributed by atoms with Gasteiger partial charge in [0.25, 0.3) is 5.76 Å². The van der Waals surface area contributed by atoms with Gasteiger partial charge in [0.05, 0.1) is 18.4 Å². The molecule has 0 aromatic carbocycles. The highest BCUT2D eigenvalue weighted by molar-refractivity contribution is 7.98. The van der Waals surface area contributed by atoms with Crippen molar-refractivity contribution in [3.63, 3.8) is 0 Å². The van der Waals surface area contributed by atoms with Crippen molar-refractivity contribution in [2.45, 2.75) is 62.8 Å². The van der Waals surface area contributed by atoms with E-state index in [0.29, 0.717) is 41.6 Å². The second-order valence-corrected chi connectivity index (χ2v) is 7.12. The lowest BCUT2D eigenvalue weighted by Crippen LogP contribution is -2.66. The SMILES string of the molecule is CCO[C@@H]1C[C@@H](NCc2ccc(CSC(F)F)o2)C12CCC2. The largest absolute Gasteiger partial charge is 0.464 e. The third kappa shape index (κ3) is 3.19. The van der Waals surface area contributed by atoms with Crippen LogP contribution in [0.3, 0.4) is 0 Å². The van der Waals surface area contributed by atoms with Crippen molar-refractivity contribution in [1.29, 1.82) is 0 Å². The molecule has 124 valence electrons. The highest BCUT2D eigenvalue weighted by Gasteiger charge is 2.58. The van der Waals surface area contributed by atoms with Gasteiger partial charge in [-0.25, -0.2) is 0 Å². The molecule has 2 atom stereocenters. The maximum absolute atomic E-state index is 12.2. The first-order chi connectivity index (χ1) is 10.6. The molecule has 0 saturated heterocycles. The monoisotopic (exact) mass is 331 g/mol. The van der Waals surface area contributed by atoms with E-state index in [9.17, 15) is 8.78 Å². The fourth-order valence-corrected chi connectivity index (χ4v) is 4.13. The highest BCUT2D eigenvalue weighted by atomic mass is 32.2. The standard InChI is InChI=1S/C16H23F2NO2S/c1-2-20-14-8-13(16(14)6-3-7-16)19-9-11-4-5-12(21-11)10-22-15(17)18/h4-5,13-15,19H,2-3,6-10H2,1H3/t13-,14-/m1/s1. The van der Waals surface area contributed by atoms with Crippen molar-refractivity contribution in [2.75, 3.05) is 6.61 Å². The first kappa shape index (κ1) is 16.3. The van der Waals surface area contributed by atoms with Crippen LogP contribution in [-0.4, -0.2) is 24.5 Å². The lowest BCUT2D eigenvalue weighted by molar-refractivity contribution is -0.173. The van der Waals surface area contributed by atoms with E-state index in [0.717, 1.165) is 18.8 Å². The molecule has 0 radical (unpaired) electrons. The minimum Gasteiger partial charge on any atom is -0.464 e. The Morgan fingerprint density at radius 1 is 1.41 bits per heavy atom. The van der Waals surface area contributed by atoms with Gasteiger partial charge in [0.1, 0.15) is 11.5 Å². The summed E-state index contributed by atoms with van der Waals surface area (Å²) >= 11 is 0.592. The predicted octanol–water partition coefficient (Wildman–Crippen LogP) is 4.17. The first-order valence-electron chi connectivity index (χ1n) is 7.96. The van der Waals surface area contributed by atoms with E-state index in [2.05, 4.69) is 12.2 Å². The van der Waals surface area contributed by atoms with Crippen LogP contribution in [0.25, 0.3) is 0 Å². The fraction of sp³-hybridized carbons (Fsp3) is 0.750. The van der Waals surface area contributed by atoms with Gasteiger partial charge in [-0.1, -0.05) is 18.2 Å². The number of ether oxygens (including phenoxy) is 1. The van der Waals surface area contributed by atoms with Crippen LogP contribution in [-0.2, 0) is 17.0 Å². The van der Waals surface area contributed by atoms with Crippen LogP contribution in [0, 0.1) is 5.41 Å². The molecule has 1 aromatic rings. The number of hydrogen-bond donors (Lipinski definition) is 1. The van der Waals surface area contributed by atoms with Gasteiger partial charge in [-0.15, -0.1) is 0 Å². The zero-order valence-corrected chi connectivity index (χ0v) is 13.6. The molecule has 3 nitrogen and oxygen atoms in total. The van der Waals surface area contributed by atoms with Gasteiger partial charge in [0.2, 0.25) is 0 Å². The summed E-state index contributed by atoms with van der Waals surface area (Å²) in [5.74, 6) is -0.701. The number of rotatable bonds is 8. The zero-order chi connectivity index (χ0) is 15.6. The van der Waals surface area contributed by atoms with Crippen LogP contribution >= 0.6 is 11.8 Å². The normalized spacial score (nSPS) is 26.2. The Bertz CT molecular complexity index is 490. The molecular weight excluding hydrogens is 308 g/mol. The van der Waals surface area contributed by atoms with Crippen LogP contribution in [0.2, 0.25) is 0 Å². The van der Waals surface area contributed by atoms with Crippen LogP contribution in [0.15, 0.2) is 16.5 Å². The molecule has 2 aliphatic rings. The molecule has 3 rings (SSSR count). The summed E-state index contributed by atoms with van der Waals surface area (Å²) in [5, 5.41) is 3.57. The molecule has 1 heterocycles. The predicted molar refractivity (Wildman–Crippen MR) is 82.9 cm³/mol. The average molecular weight is 331 g/mol. The molecule has 0 amide bonds. The Kier molecular flexibility index (Phi) is 5.10. The van der Waals surface area contributed by atoms with Crippen LogP contribution in [0.5, 0.6) is 0 Å². The number of thioether (sulfide) groups is 1. The molecule has 0 aliphatic heterocycles. The van der Waals surface area contributed by atoms with Crippen molar-refractivity contribution >= 4 is 11.8 Å². The van der Waals surface area contributed by atoms with Crippen LogP contribution < -0.4 is 5.32 Å². The third-order valence-electron chi connectivity index (χ3n) is 5.03. The molecule has 0 bridgehead atoms. The maximum atomic E-state index is 12.2. The molecule has 6 heteroatoms. The Balaban J connectivity index is 1.47. The molecule has 1 spiro atoms. The summed E-state index contributed by atoms with van der Waals surface area (Å²) in [5.41, 5.74) is 0.330. The summed E-state index contributed by atoms with van der Waals surface area (Å²) in [6, 6.07) is 4.15. The van der Waals surface area contributed by atoms with Crippen LogP contribution in [0.4, 0.5) is 8.78 Å². The molecule has 2 aliphatic carbocycles. The lowest BCUT2D eigenvalue weighted by atomic mass is 9.51. The quantitative estimate of drug-likeness (QED) is 0.775. The molecule has 1 N–H and O–H groups in total. The minimum atomic E-state index is -2.35. The second-order valence-electron chi connectivity index (χ2n) is 6.14. The number of alkyl halides is 2. The van der Waals surface area contributed by atoms with Gasteiger partial charge in [-0.05, 0) is 38.3 Å². The molecule has 22 heavy (non-hydrogen) atoms. The Labute approximate surface area is 134 Å². The van der Waals surface area contributed by atoms with Crippen molar-refractivity contribution in [1.82, 2.24) is 5.32 Å². The van der Waals surface area contributed by atoms with Gasteiger partial charge >= 0.3 is 0 Å². The highest BCUT2D eigenvalue weighted by Crippen LogP contribution is 2.57. The van der Waals surface area contributed by atoms with Crippen molar-refractivity contribution in [2.24, 2.45) is 5.41 Å². The molecule has 2 fully saturated rings. The van der Waals surface area contributed by atoms with E-state index in [1.54, 1.807) is 6.07 Å². The van der Waals surface area contributed by atoms with E-state index in [4.69, 9.17) is 9.15 Å². The average Bonchev–Trinajstić information content (AvgIpc) is 2.85. The minimum absolute atomic E-state index is 0.220. The van der Waals surface area contributed by atoms with Gasteiger partial charge in [-0.3, -0.25) is 0 Å². The Morgan fingerprint density at radius 2 is 2.18 bits per heavy atom. The molecule has 0 unspecified atom stereocenters. The summed E-state index contributed by atoms with van der Waals surface area (Å²) in [4.78, 5) is 0. The zero-order valence-electron chi connectivity index (χ0n) is 12.8. The second kappa shape index (κ2) is 6.89. The van der Waals surface area contributed by atoms with E-state index in [1.807, 2.05) is 6.07 Å². The van der Waals surface area contributed by atoms with Crippen molar-refractivity contribution in [3.05, 3.63) is 23.7 Å². The molecular formula is C16H23F2NO2S. The van der Waals surface area contributed by atoms with E-state index in [-0.39, 0.29) is 5.75 Å². The number of nitrogens with one attached hydrogen (secondary N) is 1. The number of furan rings is 1. The molecule has 1 aromatic heterocycles. The van der Waals surface area contributed by atoms with Gasteiger partial charge in [-0.2, -0.15) is 8.78 Å². The fourth-order valence-electron chi connectivity index (χ4n) is 3.69. The summed E-state index contributed by atoms with van der Waals surface area (Å²) in [6.07, 6.45) is 5.23. The van der Waals surface area contributed by atoms with E-state index >= 15 is 0 Å². The Hall–Kier alpha value is -0.590. The van der Waals surface area contributed by atoms with Crippen molar-refractivity contribution < 1.29 is 17.9 Å². The van der Waals surface area contributed by atoms with E-state index in [1.165, 1.54) is 19.3 Å².